The molecule has 0 radical (unpaired) electrons. The summed E-state index contributed by atoms with van der Waals surface area (Å²) < 4.78 is 2.28. The van der Waals surface area contributed by atoms with Gasteiger partial charge < -0.3 is 15.2 Å². The lowest BCUT2D eigenvalue weighted by Gasteiger charge is -2.12. The van der Waals surface area contributed by atoms with E-state index in [0.29, 0.717) is 5.92 Å². The zero-order valence-electron chi connectivity index (χ0n) is 15.5. The van der Waals surface area contributed by atoms with Gasteiger partial charge in [-0.3, -0.25) is 4.99 Å². The summed E-state index contributed by atoms with van der Waals surface area (Å²) in [6.45, 7) is 12.3. The fourth-order valence-electron chi connectivity index (χ4n) is 2.72. The molecule has 0 spiro atoms. The average molecular weight is 329 g/mol. The number of hydrogen-bond donors (Lipinski definition) is 2. The van der Waals surface area contributed by atoms with Crippen molar-refractivity contribution in [3.8, 4) is 0 Å². The minimum atomic E-state index is 0.706. The maximum absolute atomic E-state index is 4.68. The van der Waals surface area contributed by atoms with E-state index in [1.54, 1.807) is 0 Å². The lowest BCUT2D eigenvalue weighted by molar-refractivity contribution is 0.573. The van der Waals surface area contributed by atoms with Gasteiger partial charge in [0, 0.05) is 26.2 Å². The van der Waals surface area contributed by atoms with Crippen LogP contribution in [0.1, 0.15) is 39.4 Å². The van der Waals surface area contributed by atoms with Gasteiger partial charge in [0.2, 0.25) is 0 Å². The Hall–Kier alpha value is -2.04. The van der Waals surface area contributed by atoms with E-state index in [1.807, 2.05) is 6.07 Å². The Bertz CT molecular complexity index is 657. The summed E-state index contributed by atoms with van der Waals surface area (Å²) in [5.74, 6) is 2.70. The number of aliphatic imine (C=N–C) groups is 1. The van der Waals surface area contributed by atoms with E-state index in [4.69, 9.17) is 0 Å². The molecule has 2 N–H and O–H groups in total. The van der Waals surface area contributed by atoms with Gasteiger partial charge in [-0.25, -0.2) is 4.98 Å². The van der Waals surface area contributed by atoms with Gasteiger partial charge in [-0.05, 0) is 44.7 Å². The Morgan fingerprint density at radius 3 is 2.79 bits per heavy atom. The monoisotopic (exact) mass is 329 g/mol. The molecule has 0 saturated carbocycles. The third kappa shape index (κ3) is 5.25. The van der Waals surface area contributed by atoms with Crippen molar-refractivity contribution in [1.82, 2.24) is 20.2 Å². The first kappa shape index (κ1) is 18.3. The van der Waals surface area contributed by atoms with Crippen molar-refractivity contribution in [2.24, 2.45) is 10.9 Å². The van der Waals surface area contributed by atoms with Crippen LogP contribution < -0.4 is 10.6 Å². The van der Waals surface area contributed by atoms with Crippen molar-refractivity contribution >= 4 is 17.0 Å². The number of hydrogen-bond acceptors (Lipinski definition) is 2. The van der Waals surface area contributed by atoms with Crippen LogP contribution in [0.15, 0.2) is 29.3 Å². The van der Waals surface area contributed by atoms with Gasteiger partial charge in [0.1, 0.15) is 5.82 Å². The SMILES string of the molecule is CCNC(=NCCCn1c(C)nc2ccccc21)NCCC(C)C. The van der Waals surface area contributed by atoms with Gasteiger partial charge in [0.05, 0.1) is 11.0 Å². The molecule has 0 atom stereocenters. The highest BCUT2D eigenvalue weighted by molar-refractivity contribution is 5.79. The van der Waals surface area contributed by atoms with Crippen LogP contribution in [0.2, 0.25) is 0 Å². The molecule has 132 valence electrons. The summed E-state index contributed by atoms with van der Waals surface area (Å²) >= 11 is 0. The van der Waals surface area contributed by atoms with Gasteiger partial charge in [0.25, 0.3) is 0 Å². The maximum atomic E-state index is 4.68. The fourth-order valence-corrected chi connectivity index (χ4v) is 2.72. The van der Waals surface area contributed by atoms with Gasteiger partial charge in [-0.15, -0.1) is 0 Å². The molecule has 0 fully saturated rings. The Kier molecular flexibility index (Phi) is 7.09. The first-order valence-corrected chi connectivity index (χ1v) is 9.06. The second-order valence-electron chi connectivity index (χ2n) is 6.52. The van der Waals surface area contributed by atoms with Crippen LogP contribution in [0, 0.1) is 12.8 Å². The molecule has 0 aliphatic rings. The van der Waals surface area contributed by atoms with Crippen LogP contribution in [0.25, 0.3) is 11.0 Å². The Balaban J connectivity index is 1.87. The lowest BCUT2D eigenvalue weighted by Crippen LogP contribution is -2.38. The molecule has 0 aliphatic heterocycles. The molecule has 1 aromatic heterocycles. The molecule has 1 aromatic carbocycles. The number of nitrogens with one attached hydrogen (secondary N) is 2. The minimum Gasteiger partial charge on any atom is -0.357 e. The lowest BCUT2D eigenvalue weighted by atomic mass is 10.1. The molecule has 2 rings (SSSR count). The second kappa shape index (κ2) is 9.30. The first-order valence-electron chi connectivity index (χ1n) is 9.06. The van der Waals surface area contributed by atoms with Gasteiger partial charge >= 0.3 is 0 Å². The van der Waals surface area contributed by atoms with Gasteiger partial charge in [0.15, 0.2) is 5.96 Å². The maximum Gasteiger partial charge on any atom is 0.191 e. The molecule has 0 bridgehead atoms. The first-order chi connectivity index (χ1) is 11.6. The summed E-state index contributed by atoms with van der Waals surface area (Å²) in [6, 6.07) is 8.31. The summed E-state index contributed by atoms with van der Waals surface area (Å²) in [6.07, 6.45) is 2.16. The number of aromatic nitrogens is 2. The summed E-state index contributed by atoms with van der Waals surface area (Å²) in [5.41, 5.74) is 2.28. The molecule has 1 heterocycles. The van der Waals surface area contributed by atoms with E-state index in [1.165, 1.54) is 5.52 Å². The summed E-state index contributed by atoms with van der Waals surface area (Å²) in [5, 5.41) is 6.72. The smallest absolute Gasteiger partial charge is 0.191 e. The van der Waals surface area contributed by atoms with E-state index in [-0.39, 0.29) is 0 Å². The van der Waals surface area contributed by atoms with Crippen LogP contribution in [0.5, 0.6) is 0 Å². The van der Waals surface area contributed by atoms with E-state index in [9.17, 15) is 0 Å². The topological polar surface area (TPSA) is 54.2 Å². The average Bonchev–Trinajstić information content (AvgIpc) is 2.86. The highest BCUT2D eigenvalue weighted by Gasteiger charge is 2.05. The zero-order chi connectivity index (χ0) is 17.4. The normalized spacial score (nSPS) is 12.1. The molecule has 5 nitrogen and oxygen atoms in total. The molecule has 0 aliphatic carbocycles. The number of fused-ring (bicyclic) bond motifs is 1. The van der Waals surface area contributed by atoms with Crippen LogP contribution in [-0.2, 0) is 6.54 Å². The number of imidazole rings is 1. The van der Waals surface area contributed by atoms with Crippen molar-refractivity contribution in [2.75, 3.05) is 19.6 Å². The second-order valence-corrected chi connectivity index (χ2v) is 6.52. The standard InChI is InChI=1S/C19H31N5/c1-5-20-19(22-13-11-15(2)3)21-12-8-14-24-16(4)23-17-9-6-7-10-18(17)24/h6-7,9-10,15H,5,8,11-14H2,1-4H3,(H2,20,21,22). The quantitative estimate of drug-likeness (QED) is 0.444. The van der Waals surface area contributed by atoms with Crippen LogP contribution in [0.4, 0.5) is 0 Å². The molecule has 0 unspecified atom stereocenters. The molecule has 2 aromatic rings. The Morgan fingerprint density at radius 1 is 1.25 bits per heavy atom. The van der Waals surface area contributed by atoms with E-state index in [2.05, 4.69) is 71.1 Å². The van der Waals surface area contributed by atoms with Crippen molar-refractivity contribution in [3.63, 3.8) is 0 Å². The number of guanidine groups is 1. The zero-order valence-corrected chi connectivity index (χ0v) is 15.5. The van der Waals surface area contributed by atoms with E-state index < -0.39 is 0 Å². The number of benzene rings is 1. The van der Waals surface area contributed by atoms with E-state index in [0.717, 1.165) is 56.3 Å². The molecular formula is C19H31N5. The molecular weight excluding hydrogens is 298 g/mol. The highest BCUT2D eigenvalue weighted by Crippen LogP contribution is 2.15. The largest absolute Gasteiger partial charge is 0.357 e. The number of nitrogens with zero attached hydrogens (tertiary/aromatic N) is 3. The van der Waals surface area contributed by atoms with Crippen molar-refractivity contribution in [3.05, 3.63) is 30.1 Å². The van der Waals surface area contributed by atoms with E-state index >= 15 is 0 Å². The molecule has 0 saturated heterocycles. The number of aryl methyl sites for hydroxylation is 2. The fraction of sp³-hybridized carbons (Fsp3) is 0.579. The third-order valence-corrected chi connectivity index (χ3v) is 4.01. The van der Waals surface area contributed by atoms with Crippen molar-refractivity contribution < 1.29 is 0 Å². The van der Waals surface area contributed by atoms with Crippen LogP contribution in [-0.4, -0.2) is 35.1 Å². The molecule has 24 heavy (non-hydrogen) atoms. The Labute approximate surface area is 145 Å². The van der Waals surface area contributed by atoms with Gasteiger partial charge in [-0.1, -0.05) is 26.0 Å². The summed E-state index contributed by atoms with van der Waals surface area (Å²) in [4.78, 5) is 9.30. The van der Waals surface area contributed by atoms with Crippen LogP contribution in [0.3, 0.4) is 0 Å². The van der Waals surface area contributed by atoms with Crippen molar-refractivity contribution in [2.45, 2.75) is 47.1 Å². The number of para-hydroxylation sites is 2. The predicted molar refractivity (Wildman–Crippen MR) is 103 cm³/mol. The van der Waals surface area contributed by atoms with Gasteiger partial charge in [-0.2, -0.15) is 0 Å². The minimum absolute atomic E-state index is 0.706. The van der Waals surface area contributed by atoms with Crippen molar-refractivity contribution in [1.29, 1.82) is 0 Å². The number of rotatable bonds is 8. The molecule has 5 heteroatoms. The highest BCUT2D eigenvalue weighted by atomic mass is 15.2. The molecule has 0 amide bonds. The summed E-state index contributed by atoms with van der Waals surface area (Å²) in [7, 11) is 0. The van der Waals surface area contributed by atoms with Crippen LogP contribution >= 0.6 is 0 Å². The predicted octanol–water partition coefficient (Wildman–Crippen LogP) is 3.34. The third-order valence-electron chi connectivity index (χ3n) is 4.01. The Morgan fingerprint density at radius 2 is 2.04 bits per heavy atom.